The van der Waals surface area contributed by atoms with Gasteiger partial charge in [-0.05, 0) is 40.9 Å². The zero-order chi connectivity index (χ0) is 8.27. The van der Waals surface area contributed by atoms with Gasteiger partial charge >= 0.3 is 0 Å². The molecule has 1 heterocycles. The third-order valence-corrected chi connectivity index (χ3v) is 1.75. The van der Waals surface area contributed by atoms with Crippen molar-refractivity contribution in [3.8, 4) is 0 Å². The van der Waals surface area contributed by atoms with Crippen molar-refractivity contribution in [3.63, 3.8) is 0 Å². The van der Waals surface area contributed by atoms with E-state index >= 15 is 0 Å². The van der Waals surface area contributed by atoms with Gasteiger partial charge in [-0.2, -0.15) is 0 Å². The lowest BCUT2D eigenvalue weighted by molar-refractivity contribution is 0.735. The lowest BCUT2D eigenvalue weighted by Crippen LogP contribution is -2.17. The Labute approximate surface area is 75.0 Å². The van der Waals surface area contributed by atoms with E-state index in [0.717, 1.165) is 10.9 Å². The van der Waals surface area contributed by atoms with Crippen LogP contribution >= 0.6 is 15.9 Å². The zero-order valence-corrected chi connectivity index (χ0v) is 8.01. The molecule has 0 radical (unpaired) electrons. The van der Waals surface area contributed by atoms with Crippen LogP contribution in [0.5, 0.6) is 0 Å². The lowest BCUT2D eigenvalue weighted by atomic mass is 10.1. The SMILES string of the molecule is C[C@@H](N)Cc1cncc(Br)c1. The van der Waals surface area contributed by atoms with Gasteiger partial charge in [0.1, 0.15) is 0 Å². The predicted octanol–water partition coefficient (Wildman–Crippen LogP) is 1.73. The summed E-state index contributed by atoms with van der Waals surface area (Å²) < 4.78 is 1.01. The molecule has 1 aromatic rings. The number of aromatic nitrogens is 1. The zero-order valence-electron chi connectivity index (χ0n) is 6.42. The van der Waals surface area contributed by atoms with Crippen LogP contribution < -0.4 is 5.73 Å². The smallest absolute Gasteiger partial charge is 0.0410 e. The Bertz CT molecular complexity index is 235. The lowest BCUT2D eigenvalue weighted by Gasteiger charge is -2.03. The molecule has 11 heavy (non-hydrogen) atoms. The molecule has 0 aliphatic heterocycles. The molecule has 0 fully saturated rings. The molecule has 2 nitrogen and oxygen atoms in total. The van der Waals surface area contributed by atoms with Gasteiger partial charge in [0.2, 0.25) is 0 Å². The summed E-state index contributed by atoms with van der Waals surface area (Å²) in [6, 6.07) is 2.24. The highest BCUT2D eigenvalue weighted by Crippen LogP contribution is 2.10. The fraction of sp³-hybridized carbons (Fsp3) is 0.375. The van der Waals surface area contributed by atoms with Crippen LogP contribution in [0.3, 0.4) is 0 Å². The second-order valence-electron chi connectivity index (χ2n) is 2.69. The van der Waals surface area contributed by atoms with Gasteiger partial charge in [0.15, 0.2) is 0 Å². The molecule has 0 aliphatic rings. The van der Waals surface area contributed by atoms with Gasteiger partial charge in [0, 0.05) is 22.9 Å². The van der Waals surface area contributed by atoms with Crippen LogP contribution in [0, 0.1) is 0 Å². The van der Waals surface area contributed by atoms with Gasteiger partial charge in [0.05, 0.1) is 0 Å². The quantitative estimate of drug-likeness (QED) is 0.815. The molecule has 60 valence electrons. The van der Waals surface area contributed by atoms with Crippen molar-refractivity contribution in [3.05, 3.63) is 28.5 Å². The number of pyridine rings is 1. The maximum Gasteiger partial charge on any atom is 0.0410 e. The number of rotatable bonds is 2. The molecule has 1 rings (SSSR count). The summed E-state index contributed by atoms with van der Waals surface area (Å²) in [5.74, 6) is 0. The average Bonchev–Trinajstić information content (AvgIpc) is 1.85. The van der Waals surface area contributed by atoms with Gasteiger partial charge in [-0.1, -0.05) is 0 Å². The molecule has 0 aliphatic carbocycles. The minimum absolute atomic E-state index is 0.200. The molecule has 3 heteroatoms. The molecule has 1 atom stereocenters. The summed E-state index contributed by atoms with van der Waals surface area (Å²) in [5.41, 5.74) is 6.81. The first kappa shape index (κ1) is 8.68. The van der Waals surface area contributed by atoms with E-state index in [1.807, 2.05) is 19.2 Å². The highest BCUT2D eigenvalue weighted by molar-refractivity contribution is 9.10. The summed E-state index contributed by atoms with van der Waals surface area (Å²) in [6.45, 7) is 1.99. The Balaban J connectivity index is 2.71. The Hall–Kier alpha value is -0.410. The maximum absolute atomic E-state index is 5.63. The Morgan fingerprint density at radius 1 is 1.64 bits per heavy atom. The molecular formula is C8H11BrN2. The van der Waals surface area contributed by atoms with E-state index < -0.39 is 0 Å². The molecule has 0 saturated heterocycles. The van der Waals surface area contributed by atoms with Crippen LogP contribution in [-0.2, 0) is 6.42 Å². The van der Waals surface area contributed by atoms with Crippen molar-refractivity contribution in [2.75, 3.05) is 0 Å². The first-order valence-electron chi connectivity index (χ1n) is 3.53. The second-order valence-corrected chi connectivity index (χ2v) is 3.61. The molecule has 0 amide bonds. The summed E-state index contributed by atoms with van der Waals surface area (Å²) >= 11 is 3.35. The van der Waals surface area contributed by atoms with Crippen molar-refractivity contribution in [1.29, 1.82) is 0 Å². The van der Waals surface area contributed by atoms with E-state index in [2.05, 4.69) is 20.9 Å². The van der Waals surface area contributed by atoms with E-state index in [1.54, 1.807) is 6.20 Å². The van der Waals surface area contributed by atoms with Crippen molar-refractivity contribution in [2.24, 2.45) is 5.73 Å². The third-order valence-electron chi connectivity index (χ3n) is 1.32. The minimum atomic E-state index is 0.200. The Morgan fingerprint density at radius 2 is 2.36 bits per heavy atom. The minimum Gasteiger partial charge on any atom is -0.328 e. The average molecular weight is 215 g/mol. The fourth-order valence-corrected chi connectivity index (χ4v) is 1.35. The van der Waals surface area contributed by atoms with Gasteiger partial charge in [-0.25, -0.2) is 0 Å². The van der Waals surface area contributed by atoms with Crippen LogP contribution in [0.25, 0.3) is 0 Å². The topological polar surface area (TPSA) is 38.9 Å². The standard InChI is InChI=1S/C8H11BrN2/c1-6(10)2-7-3-8(9)5-11-4-7/h3-6H,2,10H2,1H3/t6-/m1/s1. The normalized spacial score (nSPS) is 13.0. The third kappa shape index (κ3) is 2.99. The molecule has 2 N–H and O–H groups in total. The number of hydrogen-bond donors (Lipinski definition) is 1. The summed E-state index contributed by atoms with van der Waals surface area (Å²) in [4.78, 5) is 4.03. The second kappa shape index (κ2) is 3.83. The van der Waals surface area contributed by atoms with E-state index in [4.69, 9.17) is 5.73 Å². The Kier molecular flexibility index (Phi) is 3.02. The Morgan fingerprint density at radius 3 is 2.91 bits per heavy atom. The van der Waals surface area contributed by atoms with Crippen molar-refractivity contribution >= 4 is 15.9 Å². The molecule has 0 unspecified atom stereocenters. The van der Waals surface area contributed by atoms with Crippen LogP contribution in [0.1, 0.15) is 12.5 Å². The maximum atomic E-state index is 5.63. The highest BCUT2D eigenvalue weighted by atomic mass is 79.9. The van der Waals surface area contributed by atoms with Crippen LogP contribution in [-0.4, -0.2) is 11.0 Å². The number of hydrogen-bond acceptors (Lipinski definition) is 2. The molecule has 0 bridgehead atoms. The first-order valence-corrected chi connectivity index (χ1v) is 4.33. The monoisotopic (exact) mass is 214 g/mol. The largest absolute Gasteiger partial charge is 0.328 e. The van der Waals surface area contributed by atoms with Crippen molar-refractivity contribution in [1.82, 2.24) is 4.98 Å². The summed E-state index contributed by atoms with van der Waals surface area (Å²) in [5, 5.41) is 0. The molecule has 0 aromatic carbocycles. The molecule has 0 spiro atoms. The molecule has 1 aromatic heterocycles. The van der Waals surface area contributed by atoms with Gasteiger partial charge in [-0.3, -0.25) is 4.98 Å². The highest BCUT2D eigenvalue weighted by Gasteiger charge is 1.97. The van der Waals surface area contributed by atoms with Crippen molar-refractivity contribution < 1.29 is 0 Å². The number of nitrogens with two attached hydrogens (primary N) is 1. The fourth-order valence-electron chi connectivity index (χ4n) is 0.939. The van der Waals surface area contributed by atoms with E-state index in [1.165, 1.54) is 5.56 Å². The van der Waals surface area contributed by atoms with Crippen LogP contribution in [0.4, 0.5) is 0 Å². The van der Waals surface area contributed by atoms with Gasteiger partial charge in [0.25, 0.3) is 0 Å². The van der Waals surface area contributed by atoms with E-state index in [9.17, 15) is 0 Å². The van der Waals surface area contributed by atoms with Crippen LogP contribution in [0.2, 0.25) is 0 Å². The first-order chi connectivity index (χ1) is 5.18. The van der Waals surface area contributed by atoms with E-state index in [0.29, 0.717) is 0 Å². The van der Waals surface area contributed by atoms with Crippen LogP contribution in [0.15, 0.2) is 22.9 Å². The van der Waals surface area contributed by atoms with Gasteiger partial charge in [-0.15, -0.1) is 0 Å². The predicted molar refractivity (Wildman–Crippen MR) is 49.3 cm³/mol. The molecular weight excluding hydrogens is 204 g/mol. The number of halogens is 1. The van der Waals surface area contributed by atoms with Crippen molar-refractivity contribution in [2.45, 2.75) is 19.4 Å². The summed E-state index contributed by atoms with van der Waals surface area (Å²) in [6.07, 6.45) is 4.49. The van der Waals surface area contributed by atoms with E-state index in [-0.39, 0.29) is 6.04 Å². The summed E-state index contributed by atoms with van der Waals surface area (Å²) in [7, 11) is 0. The molecule has 0 saturated carbocycles. The van der Waals surface area contributed by atoms with Gasteiger partial charge < -0.3 is 5.73 Å². The number of nitrogens with zero attached hydrogens (tertiary/aromatic N) is 1.